The number of hydrogen-bond acceptors (Lipinski definition) is 7. The number of rotatable bonds is 6. The third-order valence-electron chi connectivity index (χ3n) is 6.65. The van der Waals surface area contributed by atoms with Crippen molar-refractivity contribution in [3.05, 3.63) is 44.9 Å². The number of benzene rings is 1. The molecule has 2 aromatic rings. The third-order valence-corrected chi connectivity index (χ3v) is 9.96. The topological polar surface area (TPSA) is 96.9 Å². The predicted molar refractivity (Wildman–Crippen MR) is 134 cm³/mol. The largest absolute Gasteiger partial charge is 0.466 e. The number of thiazole rings is 1. The van der Waals surface area contributed by atoms with Crippen LogP contribution in [0.5, 0.6) is 0 Å². The number of esters is 1. The molecule has 190 valence electrons. The lowest BCUT2D eigenvalue weighted by Gasteiger charge is -2.31. The summed E-state index contributed by atoms with van der Waals surface area (Å²) < 4.78 is 32.7. The molecule has 0 N–H and O–H groups in total. The van der Waals surface area contributed by atoms with Gasteiger partial charge in [-0.15, -0.1) is 11.3 Å². The van der Waals surface area contributed by atoms with E-state index in [2.05, 4.69) is 4.98 Å². The van der Waals surface area contributed by atoms with Crippen LogP contribution in [0.25, 0.3) is 0 Å². The fourth-order valence-corrected chi connectivity index (χ4v) is 7.28. The second kappa shape index (κ2) is 10.9. The zero-order chi connectivity index (χ0) is 25.2. The van der Waals surface area contributed by atoms with E-state index in [0.717, 1.165) is 23.4 Å². The summed E-state index contributed by atoms with van der Waals surface area (Å²) in [4.78, 5) is 31.6. The van der Waals surface area contributed by atoms with Crippen molar-refractivity contribution in [1.82, 2.24) is 14.2 Å². The number of sulfonamides is 1. The number of likely N-dealkylation sites (tertiary alicyclic amines) is 1. The van der Waals surface area contributed by atoms with E-state index < -0.39 is 10.0 Å². The Balaban J connectivity index is 1.37. The molecule has 1 aromatic heterocycles. The number of amides is 1. The van der Waals surface area contributed by atoms with Crippen LogP contribution in [0.4, 0.5) is 0 Å². The lowest BCUT2D eigenvalue weighted by atomic mass is 9.98. The molecule has 2 saturated heterocycles. The van der Waals surface area contributed by atoms with Crippen LogP contribution < -0.4 is 0 Å². The minimum Gasteiger partial charge on any atom is -0.466 e. The molecular formula is C24H30ClN3O5S2. The number of nitrogens with zero attached hydrogens (tertiary/aromatic N) is 3. The van der Waals surface area contributed by atoms with Crippen molar-refractivity contribution in [3.63, 3.8) is 0 Å². The summed E-state index contributed by atoms with van der Waals surface area (Å²) >= 11 is 7.58. The number of ether oxygens (including phenoxy) is 1. The van der Waals surface area contributed by atoms with E-state index in [-0.39, 0.29) is 28.6 Å². The summed E-state index contributed by atoms with van der Waals surface area (Å²) in [5.74, 6) is -0.611. The molecule has 2 aliphatic rings. The molecule has 0 bridgehead atoms. The van der Waals surface area contributed by atoms with E-state index in [1.165, 1.54) is 21.7 Å². The summed E-state index contributed by atoms with van der Waals surface area (Å²) in [7, 11) is -3.61. The van der Waals surface area contributed by atoms with Crippen molar-refractivity contribution in [1.29, 1.82) is 0 Å². The van der Waals surface area contributed by atoms with E-state index in [9.17, 15) is 18.0 Å². The molecule has 4 rings (SSSR count). The molecule has 2 aliphatic heterocycles. The third kappa shape index (κ3) is 5.71. The Morgan fingerprint density at radius 1 is 1.20 bits per heavy atom. The van der Waals surface area contributed by atoms with Crippen molar-refractivity contribution in [3.8, 4) is 0 Å². The summed E-state index contributed by atoms with van der Waals surface area (Å²) in [6.07, 6.45) is 2.75. The molecule has 1 unspecified atom stereocenters. The van der Waals surface area contributed by atoms with Gasteiger partial charge in [0.15, 0.2) is 0 Å². The number of halogens is 1. The second-order valence-corrected chi connectivity index (χ2v) is 12.2. The van der Waals surface area contributed by atoms with Crippen LogP contribution in [0.1, 0.15) is 59.6 Å². The van der Waals surface area contributed by atoms with E-state index in [4.69, 9.17) is 16.3 Å². The Morgan fingerprint density at radius 3 is 2.63 bits per heavy atom. The molecule has 8 nitrogen and oxygen atoms in total. The molecule has 0 saturated carbocycles. The zero-order valence-electron chi connectivity index (χ0n) is 19.9. The fourth-order valence-electron chi connectivity index (χ4n) is 4.58. The highest BCUT2D eigenvalue weighted by molar-refractivity contribution is 7.89. The maximum absolute atomic E-state index is 13.0. The van der Waals surface area contributed by atoms with Crippen molar-refractivity contribution >= 4 is 44.8 Å². The normalized spacial score (nSPS) is 20.1. The van der Waals surface area contributed by atoms with Gasteiger partial charge in [0.2, 0.25) is 10.0 Å². The summed E-state index contributed by atoms with van der Waals surface area (Å²) in [6, 6.07) is 4.81. The standard InChI is InChI=1S/C24H30ClN3O5S2/c1-3-33-24(30)18-5-4-10-27(14-18)23(29)21-15-34-22(26-21)17-8-11-28(12-9-17)35(31,32)19-7-6-16(2)20(25)13-19/h6-7,13,15,17-18H,3-5,8-12,14H2,1-2H3. The number of aryl methyl sites for hydroxylation is 1. The van der Waals surface area contributed by atoms with Crippen molar-refractivity contribution in [2.45, 2.75) is 50.3 Å². The molecule has 2 fully saturated rings. The molecule has 1 amide bonds. The molecule has 0 radical (unpaired) electrons. The lowest BCUT2D eigenvalue weighted by molar-refractivity contribution is -0.149. The van der Waals surface area contributed by atoms with Gasteiger partial charge in [-0.1, -0.05) is 17.7 Å². The maximum Gasteiger partial charge on any atom is 0.310 e. The Hall–Kier alpha value is -2.01. The summed E-state index contributed by atoms with van der Waals surface area (Å²) in [6.45, 7) is 5.66. The SMILES string of the molecule is CCOC(=O)C1CCCN(C(=O)c2csc(C3CCN(S(=O)(=O)c4ccc(C)c(Cl)c4)CC3)n2)C1. The van der Waals surface area contributed by atoms with Gasteiger partial charge in [0, 0.05) is 42.5 Å². The average Bonchev–Trinajstić information content (AvgIpc) is 3.36. The maximum atomic E-state index is 13.0. The Bertz CT molecular complexity index is 1190. The van der Waals surface area contributed by atoms with Gasteiger partial charge in [0.25, 0.3) is 5.91 Å². The number of aromatic nitrogens is 1. The second-order valence-electron chi connectivity index (χ2n) is 9.00. The summed E-state index contributed by atoms with van der Waals surface area (Å²) in [5.41, 5.74) is 1.22. The van der Waals surface area contributed by atoms with Gasteiger partial charge in [-0.3, -0.25) is 9.59 Å². The minimum atomic E-state index is -3.61. The molecule has 3 heterocycles. The Kier molecular flexibility index (Phi) is 8.15. The van der Waals surface area contributed by atoms with Crippen LogP contribution in [0.2, 0.25) is 5.02 Å². The van der Waals surface area contributed by atoms with Gasteiger partial charge in [0.05, 0.1) is 22.4 Å². The van der Waals surface area contributed by atoms with Crippen molar-refractivity contribution in [2.75, 3.05) is 32.8 Å². The van der Waals surface area contributed by atoms with Crippen LogP contribution in [-0.2, 0) is 19.6 Å². The van der Waals surface area contributed by atoms with Crippen LogP contribution in [0.3, 0.4) is 0 Å². The van der Waals surface area contributed by atoms with Crippen LogP contribution >= 0.6 is 22.9 Å². The first kappa shape index (κ1) is 26.1. The van der Waals surface area contributed by atoms with E-state index in [0.29, 0.717) is 56.3 Å². The monoisotopic (exact) mass is 539 g/mol. The van der Waals surface area contributed by atoms with E-state index in [1.807, 2.05) is 6.92 Å². The molecule has 1 aromatic carbocycles. The Morgan fingerprint density at radius 2 is 1.94 bits per heavy atom. The number of carbonyl (C=O) groups excluding carboxylic acids is 2. The molecule has 0 aliphatic carbocycles. The van der Waals surface area contributed by atoms with Crippen LogP contribution in [0, 0.1) is 12.8 Å². The van der Waals surface area contributed by atoms with Gasteiger partial charge < -0.3 is 9.64 Å². The van der Waals surface area contributed by atoms with Gasteiger partial charge in [-0.25, -0.2) is 13.4 Å². The molecule has 1 atom stereocenters. The zero-order valence-corrected chi connectivity index (χ0v) is 22.3. The first-order valence-electron chi connectivity index (χ1n) is 11.9. The predicted octanol–water partition coefficient (Wildman–Crippen LogP) is 4.09. The molecule has 0 spiro atoms. The van der Waals surface area contributed by atoms with Gasteiger partial charge in [0.1, 0.15) is 5.69 Å². The van der Waals surface area contributed by atoms with Gasteiger partial charge in [-0.2, -0.15) is 4.31 Å². The summed E-state index contributed by atoms with van der Waals surface area (Å²) in [5, 5.41) is 3.05. The number of piperidine rings is 2. The number of carbonyl (C=O) groups is 2. The highest BCUT2D eigenvalue weighted by Gasteiger charge is 2.33. The smallest absolute Gasteiger partial charge is 0.310 e. The lowest BCUT2D eigenvalue weighted by Crippen LogP contribution is -2.43. The molecule has 35 heavy (non-hydrogen) atoms. The molecule has 11 heteroatoms. The Labute approximate surface area is 215 Å². The fraction of sp³-hybridized carbons (Fsp3) is 0.542. The van der Waals surface area contributed by atoms with Crippen LogP contribution in [-0.4, -0.2) is 67.3 Å². The van der Waals surface area contributed by atoms with Crippen molar-refractivity contribution in [2.24, 2.45) is 5.92 Å². The first-order valence-corrected chi connectivity index (χ1v) is 14.6. The first-order chi connectivity index (χ1) is 16.7. The van der Waals surface area contributed by atoms with Crippen molar-refractivity contribution < 1.29 is 22.7 Å². The quantitative estimate of drug-likeness (QED) is 0.513. The average molecular weight is 540 g/mol. The van der Waals surface area contributed by atoms with E-state index in [1.54, 1.807) is 29.3 Å². The highest BCUT2D eigenvalue weighted by Crippen LogP contribution is 2.33. The highest BCUT2D eigenvalue weighted by atomic mass is 35.5. The number of hydrogen-bond donors (Lipinski definition) is 0. The van der Waals surface area contributed by atoms with E-state index >= 15 is 0 Å². The van der Waals surface area contributed by atoms with Gasteiger partial charge in [-0.05, 0) is 57.2 Å². The van der Waals surface area contributed by atoms with Crippen LogP contribution in [0.15, 0.2) is 28.5 Å². The minimum absolute atomic E-state index is 0.100. The van der Waals surface area contributed by atoms with Gasteiger partial charge >= 0.3 is 5.97 Å². The molecular weight excluding hydrogens is 510 g/mol.